The minimum absolute atomic E-state index is 0.151. The Hall–Kier alpha value is -0.550. The summed E-state index contributed by atoms with van der Waals surface area (Å²) in [5.74, 6) is 0. The first-order valence-corrected chi connectivity index (χ1v) is 9.26. The largest absolute Gasteiger partial charge is 0.0975 e. The smallest absolute Gasteiger partial charge is 0.0771 e. The minimum atomic E-state index is -1.06. The number of aryl methyl sites for hydroxylation is 2. The highest BCUT2D eigenvalue weighted by molar-refractivity contribution is 8.04. The molecule has 0 aromatic heterocycles. The molecule has 3 heteroatoms. The van der Waals surface area contributed by atoms with E-state index in [0.29, 0.717) is 0 Å². The maximum absolute atomic E-state index is 6.31. The molecule has 0 bridgehead atoms. The molecule has 1 aliphatic carbocycles. The quantitative estimate of drug-likeness (QED) is 0.595. The van der Waals surface area contributed by atoms with Crippen LogP contribution < -0.4 is 0 Å². The number of hydrogen-bond acceptors (Lipinski definition) is 0. The highest BCUT2D eigenvalue weighted by atomic mass is 35.9. The molecule has 0 amide bonds. The van der Waals surface area contributed by atoms with Gasteiger partial charge in [0, 0.05) is 0 Å². The molecule has 0 spiro atoms. The van der Waals surface area contributed by atoms with Crippen molar-refractivity contribution in [3.63, 3.8) is 0 Å². The number of hydrogen-bond donors (Lipinski definition) is 0. The summed E-state index contributed by atoms with van der Waals surface area (Å²) in [6, 6.07) is 17.1. The van der Waals surface area contributed by atoms with Crippen LogP contribution in [0.5, 0.6) is 0 Å². The zero-order valence-corrected chi connectivity index (χ0v) is 12.2. The van der Waals surface area contributed by atoms with Gasteiger partial charge >= 0.3 is 0 Å². The van der Waals surface area contributed by atoms with Crippen molar-refractivity contribution in [1.29, 1.82) is 0 Å². The zero-order chi connectivity index (χ0) is 12.5. The Morgan fingerprint density at radius 1 is 0.778 bits per heavy atom. The lowest BCUT2D eigenvalue weighted by Gasteiger charge is -2.20. The van der Waals surface area contributed by atoms with Gasteiger partial charge in [-0.25, -0.2) is 0 Å². The van der Waals surface area contributed by atoms with Crippen molar-refractivity contribution in [2.45, 2.75) is 18.5 Å². The van der Waals surface area contributed by atoms with Gasteiger partial charge in [-0.3, -0.25) is 0 Å². The first-order valence-electron chi connectivity index (χ1n) is 6.04. The minimum Gasteiger partial charge on any atom is -0.0771 e. The maximum Gasteiger partial charge on any atom is 0.0975 e. The second-order valence-electron chi connectivity index (χ2n) is 4.56. The van der Waals surface area contributed by atoms with Crippen molar-refractivity contribution in [3.05, 3.63) is 70.8 Å². The standard InChI is InChI=1S/C15H13Cl2P/c16-18(17)15-13-7-3-1-5-11(13)9-10-12-6-2-4-8-14(12)15/h1-8,15H,9-10H2. The SMILES string of the molecule is ClP(Cl)C1c2ccccc2CCc2ccccc21. The molecule has 0 fully saturated rings. The molecule has 2 aromatic carbocycles. The van der Waals surface area contributed by atoms with Gasteiger partial charge in [-0.2, -0.15) is 0 Å². The van der Waals surface area contributed by atoms with Crippen molar-refractivity contribution < 1.29 is 0 Å². The van der Waals surface area contributed by atoms with Gasteiger partial charge < -0.3 is 0 Å². The molecule has 0 N–H and O–H groups in total. The van der Waals surface area contributed by atoms with E-state index in [-0.39, 0.29) is 5.66 Å². The van der Waals surface area contributed by atoms with Crippen LogP contribution in [-0.2, 0) is 12.8 Å². The Morgan fingerprint density at radius 2 is 1.22 bits per heavy atom. The second kappa shape index (κ2) is 5.21. The topological polar surface area (TPSA) is 0 Å². The summed E-state index contributed by atoms with van der Waals surface area (Å²) < 4.78 is 0. The number of rotatable bonds is 1. The molecule has 3 rings (SSSR count). The summed E-state index contributed by atoms with van der Waals surface area (Å²) in [6.45, 7) is -1.06. The maximum atomic E-state index is 6.31. The fraction of sp³-hybridized carbons (Fsp3) is 0.200. The second-order valence-corrected chi connectivity index (χ2v) is 8.30. The molecule has 0 saturated heterocycles. The van der Waals surface area contributed by atoms with Crippen LogP contribution in [0.3, 0.4) is 0 Å². The predicted molar refractivity (Wildman–Crippen MR) is 80.8 cm³/mol. The summed E-state index contributed by atoms with van der Waals surface area (Å²) in [6.07, 6.45) is 2.14. The molecule has 1 aliphatic rings. The van der Waals surface area contributed by atoms with E-state index in [1.54, 1.807) is 0 Å². The van der Waals surface area contributed by atoms with Crippen molar-refractivity contribution in [2.75, 3.05) is 0 Å². The van der Waals surface area contributed by atoms with E-state index < -0.39 is 6.63 Å². The van der Waals surface area contributed by atoms with E-state index >= 15 is 0 Å². The molecule has 2 aromatic rings. The van der Waals surface area contributed by atoms with E-state index in [1.807, 2.05) is 0 Å². The Kier molecular flexibility index (Phi) is 3.61. The summed E-state index contributed by atoms with van der Waals surface area (Å²) in [4.78, 5) is 0. The first kappa shape index (κ1) is 12.5. The Labute approximate surface area is 118 Å². The average Bonchev–Trinajstić information content (AvgIpc) is 2.55. The molecule has 0 heterocycles. The first-order chi connectivity index (χ1) is 8.77. The molecular weight excluding hydrogens is 282 g/mol. The van der Waals surface area contributed by atoms with Crippen LogP contribution in [-0.4, -0.2) is 0 Å². The summed E-state index contributed by atoms with van der Waals surface area (Å²) in [7, 11) is 0. The lowest BCUT2D eigenvalue weighted by Crippen LogP contribution is -1.98. The average molecular weight is 295 g/mol. The molecule has 92 valence electrons. The van der Waals surface area contributed by atoms with Crippen LogP contribution in [0.4, 0.5) is 0 Å². The van der Waals surface area contributed by atoms with Crippen LogP contribution in [0, 0.1) is 0 Å². The summed E-state index contributed by atoms with van der Waals surface area (Å²) >= 11 is 12.6. The van der Waals surface area contributed by atoms with E-state index in [0.717, 1.165) is 12.8 Å². The van der Waals surface area contributed by atoms with E-state index in [1.165, 1.54) is 22.3 Å². The molecule has 0 radical (unpaired) electrons. The third-order valence-corrected chi connectivity index (χ3v) is 5.68. The number of benzene rings is 2. The van der Waals surface area contributed by atoms with Gasteiger partial charge in [0.1, 0.15) is 0 Å². The van der Waals surface area contributed by atoms with Gasteiger partial charge in [-0.1, -0.05) is 71.0 Å². The van der Waals surface area contributed by atoms with Crippen LogP contribution in [0.15, 0.2) is 48.5 Å². The Bertz CT molecular complexity index is 518. The highest BCUT2D eigenvalue weighted by Gasteiger charge is 2.28. The van der Waals surface area contributed by atoms with Gasteiger partial charge in [-0.05, 0) is 35.1 Å². The van der Waals surface area contributed by atoms with E-state index in [9.17, 15) is 0 Å². The fourth-order valence-electron chi connectivity index (χ4n) is 2.70. The van der Waals surface area contributed by atoms with Crippen LogP contribution in [0.1, 0.15) is 27.9 Å². The Balaban J connectivity index is 2.21. The lowest BCUT2D eigenvalue weighted by molar-refractivity contribution is 0.965. The van der Waals surface area contributed by atoms with E-state index in [2.05, 4.69) is 48.5 Å². The molecule has 0 saturated carbocycles. The predicted octanol–water partition coefficient (Wildman–Crippen LogP) is 5.66. The van der Waals surface area contributed by atoms with Gasteiger partial charge in [0.2, 0.25) is 0 Å². The van der Waals surface area contributed by atoms with Crippen LogP contribution in [0.25, 0.3) is 0 Å². The third-order valence-electron chi connectivity index (χ3n) is 3.56. The van der Waals surface area contributed by atoms with Crippen molar-refractivity contribution >= 4 is 29.1 Å². The molecule has 0 nitrogen and oxygen atoms in total. The monoisotopic (exact) mass is 294 g/mol. The van der Waals surface area contributed by atoms with Gasteiger partial charge in [0.05, 0.1) is 12.3 Å². The zero-order valence-electron chi connectivity index (χ0n) is 9.81. The molecule has 0 atom stereocenters. The van der Waals surface area contributed by atoms with Gasteiger partial charge in [0.25, 0.3) is 0 Å². The van der Waals surface area contributed by atoms with E-state index in [4.69, 9.17) is 22.5 Å². The van der Waals surface area contributed by atoms with Crippen LogP contribution >= 0.6 is 29.1 Å². The lowest BCUT2D eigenvalue weighted by atomic mass is 10.00. The van der Waals surface area contributed by atoms with Crippen molar-refractivity contribution in [1.82, 2.24) is 0 Å². The molecule has 0 unspecified atom stereocenters. The number of fused-ring (bicyclic) bond motifs is 2. The molecule has 18 heavy (non-hydrogen) atoms. The third kappa shape index (κ3) is 2.18. The normalized spacial score (nSPS) is 15.1. The van der Waals surface area contributed by atoms with Crippen molar-refractivity contribution in [3.8, 4) is 0 Å². The molecule has 0 aliphatic heterocycles. The molecular formula is C15H13Cl2P. The number of halogens is 2. The van der Waals surface area contributed by atoms with Gasteiger partial charge in [0.15, 0.2) is 0 Å². The Morgan fingerprint density at radius 3 is 1.67 bits per heavy atom. The summed E-state index contributed by atoms with van der Waals surface area (Å²) in [5.41, 5.74) is 5.52. The fourth-order valence-corrected chi connectivity index (χ4v) is 4.89. The van der Waals surface area contributed by atoms with Crippen molar-refractivity contribution in [2.24, 2.45) is 0 Å². The van der Waals surface area contributed by atoms with Crippen LogP contribution in [0.2, 0.25) is 0 Å². The summed E-state index contributed by atoms with van der Waals surface area (Å²) in [5, 5.41) is 0. The van der Waals surface area contributed by atoms with Gasteiger partial charge in [-0.15, -0.1) is 0 Å². The highest BCUT2D eigenvalue weighted by Crippen LogP contribution is 2.63.